The number of carbonyl (C=O) groups excluding carboxylic acids is 1. The zero-order valence-corrected chi connectivity index (χ0v) is 21.0. The number of thioether (sulfide) groups is 1. The summed E-state index contributed by atoms with van der Waals surface area (Å²) in [7, 11) is 0. The first-order chi connectivity index (χ1) is 15.7. The molecule has 2 aliphatic heterocycles. The molecular formula is C24H28N4O3S2. The fourth-order valence-corrected chi connectivity index (χ4v) is 5.78. The van der Waals surface area contributed by atoms with Crippen LogP contribution in [0, 0.1) is 29.9 Å². The summed E-state index contributed by atoms with van der Waals surface area (Å²) in [5.74, 6) is 0.269. The molecule has 4 rings (SSSR count). The fourth-order valence-electron chi connectivity index (χ4n) is 4.52. The lowest BCUT2D eigenvalue weighted by atomic mass is 10.2. The number of hydrogen-bond donors (Lipinski definition) is 0. The Morgan fingerprint density at radius 1 is 1.21 bits per heavy atom. The number of carbonyl (C=O) groups is 1. The highest BCUT2D eigenvalue weighted by Crippen LogP contribution is 2.36. The van der Waals surface area contributed by atoms with Crippen molar-refractivity contribution in [3.05, 3.63) is 56.2 Å². The summed E-state index contributed by atoms with van der Waals surface area (Å²) >= 11 is 6.75. The summed E-state index contributed by atoms with van der Waals surface area (Å²) in [5, 5.41) is 11.8. The first-order valence-electron chi connectivity index (χ1n) is 11.2. The SMILES string of the molecule is Cc1cc(/C=C2\SC(=S)N(CC(C)C)C2=O)c(C)n1-c1ccc(N2CCCC2)c([N+](=O)[O-])c1. The molecule has 0 bridgehead atoms. The highest BCUT2D eigenvalue weighted by molar-refractivity contribution is 8.26. The Bertz CT molecular complexity index is 1160. The van der Waals surface area contributed by atoms with Crippen LogP contribution in [-0.2, 0) is 4.79 Å². The number of rotatable bonds is 6. The smallest absolute Gasteiger partial charge is 0.294 e. The largest absolute Gasteiger partial charge is 0.366 e. The molecule has 2 fully saturated rings. The molecule has 7 nitrogen and oxygen atoms in total. The molecule has 3 heterocycles. The molecule has 174 valence electrons. The second kappa shape index (κ2) is 9.30. The minimum atomic E-state index is -0.299. The Morgan fingerprint density at radius 3 is 2.55 bits per heavy atom. The minimum absolute atomic E-state index is 0.0610. The van der Waals surface area contributed by atoms with Crippen molar-refractivity contribution >= 4 is 51.7 Å². The standard InChI is InChI=1S/C24H28N4O3S2/c1-15(2)14-26-23(29)22(33-24(26)32)12-18-11-16(3)27(17(18)4)19-7-8-20(21(13-19)28(30)31)25-9-5-6-10-25/h7-8,11-13,15H,5-6,9-10,14H2,1-4H3/b22-12-. The molecule has 0 atom stereocenters. The summed E-state index contributed by atoms with van der Waals surface area (Å²) in [4.78, 5) is 28.8. The first kappa shape index (κ1) is 23.5. The number of nitro groups is 1. The van der Waals surface area contributed by atoms with E-state index in [0.717, 1.165) is 48.6 Å². The van der Waals surface area contributed by atoms with Gasteiger partial charge < -0.3 is 9.47 Å². The van der Waals surface area contributed by atoms with Gasteiger partial charge >= 0.3 is 0 Å². The topological polar surface area (TPSA) is 71.6 Å². The molecule has 0 saturated carbocycles. The number of anilines is 1. The Labute approximate surface area is 203 Å². The summed E-state index contributed by atoms with van der Waals surface area (Å²) < 4.78 is 2.59. The zero-order valence-electron chi connectivity index (χ0n) is 19.3. The van der Waals surface area contributed by atoms with Gasteiger partial charge in [0.2, 0.25) is 0 Å². The summed E-state index contributed by atoms with van der Waals surface area (Å²) in [6.07, 6.45) is 3.99. The van der Waals surface area contributed by atoms with Gasteiger partial charge in [-0.05, 0) is 62.4 Å². The molecule has 2 aliphatic rings. The molecule has 0 radical (unpaired) electrons. The van der Waals surface area contributed by atoms with E-state index in [9.17, 15) is 14.9 Å². The van der Waals surface area contributed by atoms with Gasteiger partial charge in [-0.25, -0.2) is 0 Å². The van der Waals surface area contributed by atoms with Crippen LogP contribution in [0.3, 0.4) is 0 Å². The van der Waals surface area contributed by atoms with Gasteiger partial charge in [-0.15, -0.1) is 0 Å². The highest BCUT2D eigenvalue weighted by atomic mass is 32.2. The number of amides is 1. The molecule has 1 aromatic carbocycles. The van der Waals surface area contributed by atoms with Gasteiger partial charge in [0.05, 0.1) is 15.5 Å². The van der Waals surface area contributed by atoms with E-state index in [1.165, 1.54) is 11.8 Å². The van der Waals surface area contributed by atoms with E-state index in [1.807, 2.05) is 42.7 Å². The number of aryl methyl sites for hydroxylation is 1. The monoisotopic (exact) mass is 484 g/mol. The molecule has 0 aliphatic carbocycles. The van der Waals surface area contributed by atoms with Gasteiger partial charge in [0.25, 0.3) is 11.6 Å². The van der Waals surface area contributed by atoms with Crippen LogP contribution < -0.4 is 4.90 Å². The molecule has 1 aromatic heterocycles. The predicted octanol–water partition coefficient (Wildman–Crippen LogP) is 5.46. The summed E-state index contributed by atoms with van der Waals surface area (Å²) in [5.41, 5.74) is 4.32. The molecule has 2 saturated heterocycles. The van der Waals surface area contributed by atoms with Crippen LogP contribution in [0.15, 0.2) is 29.2 Å². The van der Waals surface area contributed by atoms with Crippen LogP contribution in [0.2, 0.25) is 0 Å². The van der Waals surface area contributed by atoms with E-state index < -0.39 is 0 Å². The average molecular weight is 485 g/mol. The van der Waals surface area contributed by atoms with Crippen molar-refractivity contribution in [2.75, 3.05) is 24.5 Å². The van der Waals surface area contributed by atoms with Crippen molar-refractivity contribution in [3.63, 3.8) is 0 Å². The molecule has 33 heavy (non-hydrogen) atoms. The third-order valence-corrected chi connectivity index (χ3v) is 7.42. The third kappa shape index (κ3) is 4.56. The van der Waals surface area contributed by atoms with Crippen LogP contribution in [0.1, 0.15) is 43.6 Å². The Morgan fingerprint density at radius 2 is 1.91 bits per heavy atom. The Kier molecular flexibility index (Phi) is 6.63. The third-order valence-electron chi connectivity index (χ3n) is 6.04. The van der Waals surface area contributed by atoms with Crippen LogP contribution >= 0.6 is 24.0 Å². The quantitative estimate of drug-likeness (QED) is 0.235. The minimum Gasteiger partial charge on any atom is -0.366 e. The maximum atomic E-state index is 12.9. The van der Waals surface area contributed by atoms with E-state index in [-0.39, 0.29) is 16.5 Å². The maximum absolute atomic E-state index is 12.9. The fraction of sp³-hybridized carbons (Fsp3) is 0.417. The average Bonchev–Trinajstić information content (AvgIpc) is 3.44. The lowest BCUT2D eigenvalue weighted by molar-refractivity contribution is -0.384. The number of thiocarbonyl (C=S) groups is 1. The number of nitro benzene ring substituents is 1. The van der Waals surface area contributed by atoms with Gasteiger partial charge in [0, 0.05) is 37.1 Å². The predicted molar refractivity (Wildman–Crippen MR) is 138 cm³/mol. The lowest BCUT2D eigenvalue weighted by Gasteiger charge is -2.19. The number of benzene rings is 1. The van der Waals surface area contributed by atoms with Crippen molar-refractivity contribution in [1.82, 2.24) is 9.47 Å². The van der Waals surface area contributed by atoms with Gasteiger partial charge in [-0.3, -0.25) is 19.8 Å². The number of hydrogen-bond acceptors (Lipinski definition) is 6. The molecular weight excluding hydrogens is 456 g/mol. The van der Waals surface area contributed by atoms with Crippen LogP contribution in [-0.4, -0.2) is 44.3 Å². The highest BCUT2D eigenvalue weighted by Gasteiger charge is 2.32. The van der Waals surface area contributed by atoms with Gasteiger partial charge in [-0.2, -0.15) is 0 Å². The van der Waals surface area contributed by atoms with Crippen molar-refractivity contribution < 1.29 is 9.72 Å². The van der Waals surface area contributed by atoms with Crippen LogP contribution in [0.4, 0.5) is 11.4 Å². The van der Waals surface area contributed by atoms with E-state index in [0.29, 0.717) is 27.4 Å². The van der Waals surface area contributed by atoms with Gasteiger partial charge in [0.1, 0.15) is 10.0 Å². The number of nitrogens with zero attached hydrogens (tertiary/aromatic N) is 4. The molecule has 0 N–H and O–H groups in total. The van der Waals surface area contributed by atoms with Crippen molar-refractivity contribution in [3.8, 4) is 5.69 Å². The number of aromatic nitrogens is 1. The van der Waals surface area contributed by atoms with Crippen molar-refractivity contribution in [2.45, 2.75) is 40.5 Å². The molecule has 1 amide bonds. The Balaban J connectivity index is 1.69. The summed E-state index contributed by atoms with van der Waals surface area (Å²) in [6, 6.07) is 7.45. The second-order valence-electron chi connectivity index (χ2n) is 8.97. The van der Waals surface area contributed by atoms with Crippen LogP contribution in [0.5, 0.6) is 0 Å². The molecule has 0 unspecified atom stereocenters. The van der Waals surface area contributed by atoms with E-state index in [2.05, 4.69) is 18.7 Å². The normalized spacial score (nSPS) is 17.8. The molecule has 9 heteroatoms. The maximum Gasteiger partial charge on any atom is 0.294 e. The zero-order chi connectivity index (χ0) is 23.9. The van der Waals surface area contributed by atoms with Crippen molar-refractivity contribution in [1.29, 1.82) is 0 Å². The lowest BCUT2D eigenvalue weighted by Crippen LogP contribution is -2.31. The Hall–Kier alpha value is -2.65. The molecule has 0 spiro atoms. The first-order valence-corrected chi connectivity index (χ1v) is 12.4. The van der Waals surface area contributed by atoms with Crippen molar-refractivity contribution in [2.24, 2.45) is 5.92 Å². The van der Waals surface area contributed by atoms with E-state index in [1.54, 1.807) is 11.0 Å². The van der Waals surface area contributed by atoms with Gasteiger partial charge in [0.15, 0.2) is 0 Å². The van der Waals surface area contributed by atoms with E-state index >= 15 is 0 Å². The van der Waals surface area contributed by atoms with E-state index in [4.69, 9.17) is 12.2 Å². The van der Waals surface area contributed by atoms with Crippen LogP contribution in [0.25, 0.3) is 11.8 Å². The van der Waals surface area contributed by atoms with Gasteiger partial charge in [-0.1, -0.05) is 37.8 Å². The summed E-state index contributed by atoms with van der Waals surface area (Å²) in [6.45, 7) is 10.4. The second-order valence-corrected chi connectivity index (χ2v) is 10.6. The molecule has 2 aromatic rings.